The molecule has 0 unspecified atom stereocenters. The summed E-state index contributed by atoms with van der Waals surface area (Å²) in [6, 6.07) is 8.65. The molecule has 1 aromatic carbocycles. The van der Waals surface area contributed by atoms with Crippen LogP contribution in [0.5, 0.6) is 5.75 Å². The lowest BCUT2D eigenvalue weighted by Crippen LogP contribution is -2.33. The van der Waals surface area contributed by atoms with E-state index in [2.05, 4.69) is 9.88 Å². The van der Waals surface area contributed by atoms with E-state index in [1.807, 2.05) is 19.1 Å². The fourth-order valence-electron chi connectivity index (χ4n) is 4.06. The standard InChI is InChI=1S/C23H25FN2O3/c1-2-28-22(27)9-13-26-11-7-16(8-12-26)23-18-4-3-10-25-20(18)15-29-21-6-5-17(24)14-19(21)23/h3-6,10,14H,2,7-9,11-13,15H2,1H3. The fourth-order valence-corrected chi connectivity index (χ4v) is 4.06. The van der Waals surface area contributed by atoms with Gasteiger partial charge in [-0.3, -0.25) is 9.78 Å². The van der Waals surface area contributed by atoms with Crippen LogP contribution in [0.25, 0.3) is 5.57 Å². The first kappa shape index (κ1) is 19.6. The van der Waals surface area contributed by atoms with Gasteiger partial charge < -0.3 is 14.4 Å². The van der Waals surface area contributed by atoms with Crippen LogP contribution in [0, 0.1) is 5.82 Å². The number of carbonyl (C=O) groups is 1. The third-order valence-corrected chi connectivity index (χ3v) is 5.49. The molecule has 6 heteroatoms. The number of carbonyl (C=O) groups excluding carboxylic acids is 1. The number of esters is 1. The molecule has 2 aliphatic heterocycles. The van der Waals surface area contributed by atoms with Crippen molar-refractivity contribution in [3.8, 4) is 5.75 Å². The molecule has 1 saturated heterocycles. The minimum Gasteiger partial charge on any atom is -0.487 e. The second-order valence-corrected chi connectivity index (χ2v) is 7.30. The molecule has 0 spiro atoms. The number of hydrogen-bond donors (Lipinski definition) is 0. The summed E-state index contributed by atoms with van der Waals surface area (Å²) in [4.78, 5) is 18.4. The normalized spacial score (nSPS) is 16.5. The molecule has 2 aromatic rings. The van der Waals surface area contributed by atoms with Gasteiger partial charge in [0, 0.05) is 37.0 Å². The van der Waals surface area contributed by atoms with Crippen molar-refractivity contribution in [2.24, 2.45) is 0 Å². The van der Waals surface area contributed by atoms with E-state index in [0.717, 1.165) is 48.3 Å². The highest BCUT2D eigenvalue weighted by Crippen LogP contribution is 2.40. The van der Waals surface area contributed by atoms with E-state index in [-0.39, 0.29) is 11.8 Å². The number of aromatic nitrogens is 1. The summed E-state index contributed by atoms with van der Waals surface area (Å²) in [5.41, 5.74) is 5.02. The largest absolute Gasteiger partial charge is 0.487 e. The fraction of sp³-hybridized carbons (Fsp3) is 0.391. The number of piperidine rings is 1. The molecule has 29 heavy (non-hydrogen) atoms. The Morgan fingerprint density at radius 1 is 1.24 bits per heavy atom. The summed E-state index contributed by atoms with van der Waals surface area (Å²) in [7, 11) is 0. The third-order valence-electron chi connectivity index (χ3n) is 5.49. The minimum absolute atomic E-state index is 0.151. The lowest BCUT2D eigenvalue weighted by molar-refractivity contribution is -0.143. The van der Waals surface area contributed by atoms with E-state index in [0.29, 0.717) is 31.9 Å². The van der Waals surface area contributed by atoms with Crippen molar-refractivity contribution in [2.45, 2.75) is 32.8 Å². The van der Waals surface area contributed by atoms with E-state index in [1.165, 1.54) is 11.6 Å². The number of likely N-dealkylation sites (tertiary alicyclic amines) is 1. The van der Waals surface area contributed by atoms with Gasteiger partial charge in [0.2, 0.25) is 0 Å². The van der Waals surface area contributed by atoms with Gasteiger partial charge in [-0.2, -0.15) is 0 Å². The summed E-state index contributed by atoms with van der Waals surface area (Å²) < 4.78 is 25.1. The van der Waals surface area contributed by atoms with Crippen LogP contribution in [0.3, 0.4) is 0 Å². The Bertz CT molecular complexity index is 931. The van der Waals surface area contributed by atoms with E-state index < -0.39 is 0 Å². The van der Waals surface area contributed by atoms with Crippen molar-refractivity contribution in [1.29, 1.82) is 0 Å². The van der Waals surface area contributed by atoms with Gasteiger partial charge in [0.15, 0.2) is 0 Å². The van der Waals surface area contributed by atoms with Gasteiger partial charge in [0.25, 0.3) is 0 Å². The number of pyridine rings is 1. The second kappa shape index (κ2) is 8.74. The number of benzene rings is 1. The zero-order valence-corrected chi connectivity index (χ0v) is 16.6. The zero-order valence-electron chi connectivity index (χ0n) is 16.6. The number of hydrogen-bond acceptors (Lipinski definition) is 5. The Kier molecular flexibility index (Phi) is 5.90. The van der Waals surface area contributed by atoms with Gasteiger partial charge in [-0.25, -0.2) is 4.39 Å². The molecular weight excluding hydrogens is 371 g/mol. The van der Waals surface area contributed by atoms with E-state index in [1.54, 1.807) is 18.3 Å². The van der Waals surface area contributed by atoms with Crippen LogP contribution in [0.15, 0.2) is 42.1 Å². The van der Waals surface area contributed by atoms with Crippen molar-refractivity contribution in [1.82, 2.24) is 9.88 Å². The molecular formula is C23H25FN2O3. The van der Waals surface area contributed by atoms with Crippen molar-refractivity contribution < 1.29 is 18.7 Å². The van der Waals surface area contributed by atoms with Gasteiger partial charge in [-0.05, 0) is 49.6 Å². The van der Waals surface area contributed by atoms with Crippen molar-refractivity contribution in [3.05, 3.63) is 64.7 Å². The van der Waals surface area contributed by atoms with Crippen molar-refractivity contribution in [2.75, 3.05) is 26.2 Å². The molecule has 0 bridgehead atoms. The highest BCUT2D eigenvalue weighted by Gasteiger charge is 2.26. The van der Waals surface area contributed by atoms with E-state index >= 15 is 0 Å². The van der Waals surface area contributed by atoms with Crippen LogP contribution in [-0.4, -0.2) is 42.1 Å². The number of nitrogens with zero attached hydrogens (tertiary/aromatic N) is 2. The molecule has 5 nitrogen and oxygen atoms in total. The first-order chi connectivity index (χ1) is 14.2. The molecule has 0 atom stereocenters. The van der Waals surface area contributed by atoms with Crippen LogP contribution in [0.2, 0.25) is 0 Å². The lowest BCUT2D eigenvalue weighted by atomic mass is 9.87. The third kappa shape index (κ3) is 4.32. The average molecular weight is 396 g/mol. The Labute approximate surface area is 170 Å². The molecule has 0 radical (unpaired) electrons. The Hall–Kier alpha value is -2.73. The molecule has 1 fully saturated rings. The molecule has 3 heterocycles. The van der Waals surface area contributed by atoms with Gasteiger partial charge >= 0.3 is 5.97 Å². The summed E-state index contributed by atoms with van der Waals surface area (Å²) in [5.74, 6) is 0.267. The maximum Gasteiger partial charge on any atom is 0.307 e. The summed E-state index contributed by atoms with van der Waals surface area (Å²) in [6.07, 6.45) is 3.90. The number of rotatable bonds is 4. The lowest BCUT2D eigenvalue weighted by Gasteiger charge is -2.30. The smallest absolute Gasteiger partial charge is 0.307 e. The molecule has 152 valence electrons. The molecule has 0 saturated carbocycles. The first-order valence-electron chi connectivity index (χ1n) is 10.1. The number of fused-ring (bicyclic) bond motifs is 2. The van der Waals surface area contributed by atoms with Crippen molar-refractivity contribution in [3.63, 3.8) is 0 Å². The van der Waals surface area contributed by atoms with Gasteiger partial charge in [-0.1, -0.05) is 11.6 Å². The Balaban J connectivity index is 1.62. The van der Waals surface area contributed by atoms with Crippen LogP contribution in [-0.2, 0) is 16.1 Å². The molecule has 4 rings (SSSR count). The monoisotopic (exact) mass is 396 g/mol. The van der Waals surface area contributed by atoms with E-state index in [4.69, 9.17) is 9.47 Å². The molecule has 0 amide bonds. The second-order valence-electron chi connectivity index (χ2n) is 7.30. The minimum atomic E-state index is -0.273. The maximum atomic E-state index is 14.1. The first-order valence-corrected chi connectivity index (χ1v) is 10.1. The van der Waals surface area contributed by atoms with Gasteiger partial charge in [0.1, 0.15) is 18.2 Å². The highest BCUT2D eigenvalue weighted by atomic mass is 19.1. The number of ether oxygens (including phenoxy) is 2. The molecule has 2 aliphatic rings. The van der Waals surface area contributed by atoms with E-state index in [9.17, 15) is 9.18 Å². The van der Waals surface area contributed by atoms with Crippen LogP contribution < -0.4 is 4.74 Å². The maximum absolute atomic E-state index is 14.1. The summed E-state index contributed by atoms with van der Waals surface area (Å²) in [6.45, 7) is 5.03. The average Bonchev–Trinajstić information content (AvgIpc) is 2.89. The zero-order chi connectivity index (χ0) is 20.2. The molecule has 0 N–H and O–H groups in total. The van der Waals surface area contributed by atoms with Crippen LogP contribution in [0.1, 0.15) is 43.0 Å². The predicted molar refractivity (Wildman–Crippen MR) is 108 cm³/mol. The van der Waals surface area contributed by atoms with Crippen LogP contribution in [0.4, 0.5) is 4.39 Å². The quantitative estimate of drug-likeness (QED) is 0.732. The van der Waals surface area contributed by atoms with Gasteiger partial charge in [-0.15, -0.1) is 0 Å². The summed E-state index contributed by atoms with van der Waals surface area (Å²) >= 11 is 0. The topological polar surface area (TPSA) is 51.7 Å². The summed E-state index contributed by atoms with van der Waals surface area (Å²) in [5, 5.41) is 0. The van der Waals surface area contributed by atoms with Gasteiger partial charge in [0.05, 0.1) is 18.7 Å². The van der Waals surface area contributed by atoms with Crippen LogP contribution >= 0.6 is 0 Å². The SMILES string of the molecule is CCOC(=O)CCN1CCC(=C2c3cc(F)ccc3OCc3ncccc32)CC1. The molecule has 1 aromatic heterocycles. The highest BCUT2D eigenvalue weighted by molar-refractivity contribution is 5.86. The predicted octanol–water partition coefficient (Wildman–Crippen LogP) is 3.96. The number of halogens is 1. The Morgan fingerprint density at radius 3 is 2.86 bits per heavy atom. The molecule has 0 aliphatic carbocycles. The Morgan fingerprint density at radius 2 is 2.07 bits per heavy atom. The van der Waals surface area contributed by atoms with Crippen molar-refractivity contribution >= 4 is 11.5 Å².